The van der Waals surface area contributed by atoms with Gasteiger partial charge in [-0.15, -0.1) is 0 Å². The largest absolute Gasteiger partial charge is 0.316 e. The Morgan fingerprint density at radius 3 is 1.66 bits per heavy atom. The molecule has 0 bridgehead atoms. The van der Waals surface area contributed by atoms with Gasteiger partial charge in [0.15, 0.2) is 0 Å². The predicted molar refractivity (Wildman–Crippen MR) is 111 cm³/mol. The minimum Gasteiger partial charge on any atom is -0.316 e. The number of nitrogens with one attached hydrogen (secondary N) is 1. The topological polar surface area (TPSA) is 52.5 Å². The number of benzene rings is 3. The second kappa shape index (κ2) is 8.12. The summed E-state index contributed by atoms with van der Waals surface area (Å²) in [6.07, 6.45) is 0.00630. The molecular formula is C25H20FN3. The summed E-state index contributed by atoms with van der Waals surface area (Å²) in [5.74, 6) is 0. The molecule has 0 spiro atoms. The molecule has 0 radical (unpaired) electrons. The van der Waals surface area contributed by atoms with Crippen LogP contribution >= 0.6 is 0 Å². The van der Waals surface area contributed by atoms with Crippen LogP contribution in [-0.2, 0) is 11.8 Å². The number of hydrogen-bond donors (Lipinski definition) is 1. The average Bonchev–Trinajstić information content (AvgIpc) is 3.16. The molecule has 4 heteroatoms. The molecule has 1 heterocycles. The number of nitrogens with zero attached hydrogens (tertiary/aromatic N) is 2. The first-order chi connectivity index (χ1) is 14.3. The molecule has 4 aromatic rings. The Balaban J connectivity index is 2.12. The lowest BCUT2D eigenvalue weighted by atomic mass is 9.66. The van der Waals surface area contributed by atoms with E-state index in [1.165, 1.54) is 0 Å². The fourth-order valence-electron chi connectivity index (χ4n) is 4.04. The van der Waals surface area contributed by atoms with Crippen molar-refractivity contribution in [2.45, 2.75) is 18.3 Å². The molecule has 0 atom stereocenters. The van der Waals surface area contributed by atoms with Crippen LogP contribution in [0.2, 0.25) is 0 Å². The Kier molecular flexibility index (Phi) is 5.22. The molecule has 0 fully saturated rings. The Morgan fingerprint density at radius 2 is 1.24 bits per heavy atom. The van der Waals surface area contributed by atoms with Crippen LogP contribution in [0.3, 0.4) is 0 Å². The van der Waals surface area contributed by atoms with E-state index in [1.807, 2.05) is 91.0 Å². The van der Waals surface area contributed by atoms with Crippen LogP contribution in [0.4, 0.5) is 4.39 Å². The van der Waals surface area contributed by atoms with Crippen LogP contribution < -0.4 is 0 Å². The third-order valence-corrected chi connectivity index (χ3v) is 5.22. The summed E-state index contributed by atoms with van der Waals surface area (Å²) in [4.78, 5) is 7.02. The van der Waals surface area contributed by atoms with Crippen molar-refractivity contribution in [3.8, 4) is 6.07 Å². The third-order valence-electron chi connectivity index (χ3n) is 5.22. The first kappa shape index (κ1) is 18.6. The fourth-order valence-corrected chi connectivity index (χ4v) is 4.04. The first-order valence-corrected chi connectivity index (χ1v) is 9.55. The van der Waals surface area contributed by atoms with Crippen molar-refractivity contribution >= 4 is 0 Å². The van der Waals surface area contributed by atoms with E-state index >= 15 is 0 Å². The number of aryl methyl sites for hydroxylation is 1. The molecular weight excluding hydrogens is 361 g/mol. The molecule has 0 aliphatic carbocycles. The lowest BCUT2D eigenvalue weighted by Crippen LogP contribution is -2.32. The highest BCUT2D eigenvalue weighted by Crippen LogP contribution is 2.45. The molecule has 0 aliphatic heterocycles. The van der Waals surface area contributed by atoms with Crippen molar-refractivity contribution in [1.29, 1.82) is 5.26 Å². The minimum absolute atomic E-state index is 0.270. The van der Waals surface area contributed by atoms with Crippen LogP contribution in [0, 0.1) is 17.4 Å². The van der Waals surface area contributed by atoms with E-state index in [1.54, 1.807) is 0 Å². The van der Waals surface area contributed by atoms with Gasteiger partial charge < -0.3 is 4.98 Å². The summed E-state index contributed by atoms with van der Waals surface area (Å²) in [5.41, 5.74) is 3.44. The summed E-state index contributed by atoms with van der Waals surface area (Å²) >= 11 is 0. The van der Waals surface area contributed by atoms with Crippen molar-refractivity contribution in [2.24, 2.45) is 0 Å². The van der Waals surface area contributed by atoms with Gasteiger partial charge in [-0.3, -0.25) is 0 Å². The van der Waals surface area contributed by atoms with E-state index < -0.39 is 11.5 Å². The molecule has 0 saturated heterocycles. The number of halogens is 1. The van der Waals surface area contributed by atoms with Gasteiger partial charge in [0.25, 0.3) is 6.08 Å². The number of imidazole rings is 1. The highest BCUT2D eigenvalue weighted by Gasteiger charge is 2.41. The summed E-state index contributed by atoms with van der Waals surface area (Å²) in [6, 6.07) is 32.2. The highest BCUT2D eigenvalue weighted by atomic mass is 19.1. The van der Waals surface area contributed by atoms with Crippen molar-refractivity contribution in [3.05, 3.63) is 125 Å². The SMILES string of the molecule is N#CCCc1nc(F)[nH]c1C(c1ccccc1)(c1ccccc1)c1ccccc1. The van der Waals surface area contributed by atoms with Gasteiger partial charge in [-0.2, -0.15) is 9.65 Å². The first-order valence-electron chi connectivity index (χ1n) is 9.55. The molecule has 0 amide bonds. The quantitative estimate of drug-likeness (QED) is 0.455. The molecule has 0 unspecified atom stereocenters. The number of H-pyrrole nitrogens is 1. The number of rotatable bonds is 6. The van der Waals surface area contributed by atoms with Crippen LogP contribution in [0.15, 0.2) is 91.0 Å². The zero-order chi connectivity index (χ0) is 20.1. The van der Waals surface area contributed by atoms with Gasteiger partial charge in [0.1, 0.15) is 0 Å². The smallest absolute Gasteiger partial charge is 0.287 e. The molecule has 1 aromatic heterocycles. The van der Waals surface area contributed by atoms with Gasteiger partial charge in [-0.05, 0) is 16.7 Å². The second-order valence-corrected chi connectivity index (χ2v) is 6.86. The average molecular weight is 381 g/mol. The number of hydrogen-bond acceptors (Lipinski definition) is 2. The second-order valence-electron chi connectivity index (χ2n) is 6.86. The molecule has 3 nitrogen and oxygen atoms in total. The molecule has 29 heavy (non-hydrogen) atoms. The zero-order valence-corrected chi connectivity index (χ0v) is 15.8. The fraction of sp³-hybridized carbons (Fsp3) is 0.120. The van der Waals surface area contributed by atoms with Crippen molar-refractivity contribution < 1.29 is 4.39 Å². The van der Waals surface area contributed by atoms with Crippen LogP contribution in [0.1, 0.15) is 34.5 Å². The van der Waals surface area contributed by atoms with Crippen LogP contribution in [0.5, 0.6) is 0 Å². The van der Waals surface area contributed by atoms with Gasteiger partial charge in [0.2, 0.25) is 0 Å². The van der Waals surface area contributed by atoms with Crippen LogP contribution in [0.25, 0.3) is 0 Å². The molecule has 0 saturated carbocycles. The Morgan fingerprint density at radius 1 is 0.793 bits per heavy atom. The highest BCUT2D eigenvalue weighted by molar-refractivity contribution is 5.59. The predicted octanol–water partition coefficient (Wildman–Crippen LogP) is 5.39. The standard InChI is InChI=1S/C25H20FN3/c26-24-28-22(17-10-18-27)23(29-24)25(19-11-4-1-5-12-19,20-13-6-2-7-14-20)21-15-8-3-9-16-21/h1-9,11-16H,10,17H2,(H,28,29). The monoisotopic (exact) mass is 381 g/mol. The lowest BCUT2D eigenvalue weighted by molar-refractivity contribution is 0.544. The maximum absolute atomic E-state index is 14.4. The normalized spacial score (nSPS) is 11.2. The van der Waals surface area contributed by atoms with E-state index in [9.17, 15) is 4.39 Å². The van der Waals surface area contributed by atoms with E-state index in [0.717, 1.165) is 16.7 Å². The van der Waals surface area contributed by atoms with Gasteiger partial charge in [0.05, 0.1) is 22.9 Å². The zero-order valence-electron chi connectivity index (χ0n) is 15.8. The number of nitriles is 1. The van der Waals surface area contributed by atoms with Crippen molar-refractivity contribution in [2.75, 3.05) is 0 Å². The molecule has 4 rings (SSSR count). The van der Waals surface area contributed by atoms with Crippen molar-refractivity contribution in [1.82, 2.24) is 9.97 Å². The molecule has 142 valence electrons. The van der Waals surface area contributed by atoms with Crippen molar-refractivity contribution in [3.63, 3.8) is 0 Å². The van der Waals surface area contributed by atoms with Gasteiger partial charge in [-0.25, -0.2) is 4.98 Å². The Hall–Kier alpha value is -3.71. The summed E-state index contributed by atoms with van der Waals surface area (Å²) < 4.78 is 14.4. The van der Waals surface area contributed by atoms with E-state index in [4.69, 9.17) is 5.26 Å². The summed E-state index contributed by atoms with van der Waals surface area (Å²) in [6.45, 7) is 0. The Labute approximate surface area is 169 Å². The molecule has 1 N–H and O–H groups in total. The summed E-state index contributed by atoms with van der Waals surface area (Å²) in [7, 11) is 0. The minimum atomic E-state index is -0.786. The van der Waals surface area contributed by atoms with Crippen LogP contribution in [-0.4, -0.2) is 9.97 Å². The summed E-state index contributed by atoms with van der Waals surface area (Å²) in [5, 5.41) is 9.10. The van der Waals surface area contributed by atoms with Gasteiger partial charge in [-0.1, -0.05) is 91.0 Å². The number of aromatic amines is 1. The molecule has 0 aliphatic rings. The van der Waals surface area contributed by atoms with E-state index in [2.05, 4.69) is 16.0 Å². The van der Waals surface area contributed by atoms with E-state index in [0.29, 0.717) is 17.8 Å². The number of aromatic nitrogens is 2. The maximum Gasteiger partial charge on any atom is 0.287 e. The van der Waals surface area contributed by atoms with Gasteiger partial charge in [0, 0.05) is 12.8 Å². The maximum atomic E-state index is 14.4. The Bertz CT molecular complexity index is 1020. The van der Waals surface area contributed by atoms with E-state index in [-0.39, 0.29) is 6.42 Å². The lowest BCUT2D eigenvalue weighted by Gasteiger charge is -2.36. The van der Waals surface area contributed by atoms with Gasteiger partial charge >= 0.3 is 0 Å². The molecule has 3 aromatic carbocycles. The third kappa shape index (κ3) is 3.32.